The topological polar surface area (TPSA) is 37.4 Å². The van der Waals surface area contributed by atoms with Gasteiger partial charge in [0.1, 0.15) is 12.1 Å². The average Bonchev–Trinajstić information content (AvgIpc) is 2.48. The molecule has 108 valence electrons. The van der Waals surface area contributed by atoms with Crippen molar-refractivity contribution in [3.63, 3.8) is 0 Å². The van der Waals surface area contributed by atoms with Gasteiger partial charge in [-0.3, -0.25) is 4.79 Å². The van der Waals surface area contributed by atoms with Gasteiger partial charge in [0.05, 0.1) is 6.04 Å². The van der Waals surface area contributed by atoms with E-state index in [0.29, 0.717) is 5.56 Å². The zero-order valence-electron chi connectivity index (χ0n) is 11.5. The van der Waals surface area contributed by atoms with Gasteiger partial charge in [0, 0.05) is 12.5 Å². The molecule has 0 saturated heterocycles. The SMILES string of the molecule is O=CC[C@@H](c1cccc(F)c1)N(C=O)C1CCCCC1. The summed E-state index contributed by atoms with van der Waals surface area (Å²) >= 11 is 0. The predicted octanol–water partition coefficient (Wildman–Crippen LogP) is 3.25. The number of carbonyl (C=O) groups is 2. The average molecular weight is 277 g/mol. The molecule has 0 unspecified atom stereocenters. The number of hydrogen-bond donors (Lipinski definition) is 0. The first-order chi connectivity index (χ1) is 9.76. The first kappa shape index (κ1) is 14.7. The standard InChI is InChI=1S/C16H20FNO2/c17-14-6-4-5-13(11-14)16(9-10-19)18(12-20)15-7-2-1-3-8-15/h4-6,10-12,15-16H,1-3,7-9H2/t16-/m0/s1. The fourth-order valence-corrected chi connectivity index (χ4v) is 3.03. The molecule has 1 saturated carbocycles. The van der Waals surface area contributed by atoms with Crippen LogP contribution < -0.4 is 0 Å². The molecular weight excluding hydrogens is 257 g/mol. The van der Waals surface area contributed by atoms with Crippen molar-refractivity contribution in [1.29, 1.82) is 0 Å². The molecule has 2 rings (SSSR count). The number of aldehydes is 1. The van der Waals surface area contributed by atoms with Gasteiger partial charge in [-0.25, -0.2) is 4.39 Å². The van der Waals surface area contributed by atoms with Gasteiger partial charge in [0.15, 0.2) is 0 Å². The highest BCUT2D eigenvalue weighted by atomic mass is 19.1. The summed E-state index contributed by atoms with van der Waals surface area (Å²) in [5.41, 5.74) is 0.690. The van der Waals surface area contributed by atoms with E-state index < -0.39 is 0 Å². The third kappa shape index (κ3) is 3.44. The van der Waals surface area contributed by atoms with Crippen molar-refractivity contribution >= 4 is 12.7 Å². The van der Waals surface area contributed by atoms with Crippen LogP contribution in [0.3, 0.4) is 0 Å². The largest absolute Gasteiger partial charge is 0.335 e. The van der Waals surface area contributed by atoms with E-state index in [2.05, 4.69) is 0 Å². The molecule has 20 heavy (non-hydrogen) atoms. The lowest BCUT2D eigenvalue weighted by molar-refractivity contribution is -0.124. The maximum absolute atomic E-state index is 13.4. The van der Waals surface area contributed by atoms with Gasteiger partial charge in [-0.15, -0.1) is 0 Å². The first-order valence-corrected chi connectivity index (χ1v) is 7.18. The lowest BCUT2D eigenvalue weighted by Gasteiger charge is -2.37. The Balaban J connectivity index is 2.24. The predicted molar refractivity (Wildman–Crippen MR) is 74.6 cm³/mol. The first-order valence-electron chi connectivity index (χ1n) is 7.18. The fourth-order valence-electron chi connectivity index (χ4n) is 3.03. The van der Waals surface area contributed by atoms with E-state index in [0.717, 1.165) is 38.4 Å². The summed E-state index contributed by atoms with van der Waals surface area (Å²) in [5, 5.41) is 0. The molecular formula is C16H20FNO2. The quantitative estimate of drug-likeness (QED) is 0.748. The third-order valence-electron chi connectivity index (χ3n) is 4.03. The Labute approximate surface area is 118 Å². The van der Waals surface area contributed by atoms with Crippen LogP contribution in [0.25, 0.3) is 0 Å². The lowest BCUT2D eigenvalue weighted by Crippen LogP contribution is -2.39. The molecule has 1 fully saturated rings. The molecule has 1 atom stereocenters. The molecule has 0 spiro atoms. The van der Waals surface area contributed by atoms with Gasteiger partial charge in [0.2, 0.25) is 6.41 Å². The van der Waals surface area contributed by atoms with Crippen molar-refractivity contribution in [1.82, 2.24) is 4.90 Å². The number of carbonyl (C=O) groups excluding carboxylic acids is 2. The number of rotatable bonds is 6. The number of nitrogens with zero attached hydrogens (tertiary/aromatic N) is 1. The van der Waals surface area contributed by atoms with Gasteiger partial charge < -0.3 is 9.69 Å². The molecule has 0 bridgehead atoms. The molecule has 0 radical (unpaired) electrons. The van der Waals surface area contributed by atoms with E-state index in [1.807, 2.05) is 0 Å². The molecule has 3 nitrogen and oxygen atoms in total. The van der Waals surface area contributed by atoms with Gasteiger partial charge >= 0.3 is 0 Å². The summed E-state index contributed by atoms with van der Waals surface area (Å²) in [6.07, 6.45) is 7.15. The summed E-state index contributed by atoms with van der Waals surface area (Å²) in [7, 11) is 0. The number of halogens is 1. The van der Waals surface area contributed by atoms with Crippen LogP contribution in [0.15, 0.2) is 24.3 Å². The maximum atomic E-state index is 13.4. The van der Waals surface area contributed by atoms with Crippen molar-refractivity contribution in [2.24, 2.45) is 0 Å². The maximum Gasteiger partial charge on any atom is 0.210 e. The van der Waals surface area contributed by atoms with Gasteiger partial charge in [-0.2, -0.15) is 0 Å². The molecule has 1 aromatic carbocycles. The Kier molecular flexibility index (Phi) is 5.27. The van der Waals surface area contributed by atoms with Crippen LogP contribution in [-0.4, -0.2) is 23.6 Å². The molecule has 0 aromatic heterocycles. The zero-order valence-corrected chi connectivity index (χ0v) is 11.5. The Morgan fingerprint density at radius 1 is 1.25 bits per heavy atom. The highest BCUT2D eigenvalue weighted by molar-refractivity contribution is 5.56. The minimum Gasteiger partial charge on any atom is -0.335 e. The van der Waals surface area contributed by atoms with Crippen molar-refractivity contribution < 1.29 is 14.0 Å². The second-order valence-corrected chi connectivity index (χ2v) is 5.32. The monoisotopic (exact) mass is 277 g/mol. The number of amides is 1. The Morgan fingerprint density at radius 2 is 2.00 bits per heavy atom. The van der Waals surface area contributed by atoms with Crippen LogP contribution in [0.4, 0.5) is 4.39 Å². The summed E-state index contributed by atoms with van der Waals surface area (Å²) in [6.45, 7) is 0. The van der Waals surface area contributed by atoms with Crippen LogP contribution in [0.2, 0.25) is 0 Å². The van der Waals surface area contributed by atoms with E-state index in [1.165, 1.54) is 18.6 Å². The van der Waals surface area contributed by atoms with Crippen molar-refractivity contribution in [3.05, 3.63) is 35.6 Å². The molecule has 1 aliphatic carbocycles. The molecule has 0 aliphatic heterocycles. The van der Waals surface area contributed by atoms with E-state index in [9.17, 15) is 14.0 Å². The normalized spacial score (nSPS) is 17.4. The molecule has 1 amide bonds. The molecule has 0 heterocycles. The minimum atomic E-state index is -0.358. The summed E-state index contributed by atoms with van der Waals surface area (Å²) in [6, 6.07) is 5.97. The molecule has 4 heteroatoms. The third-order valence-corrected chi connectivity index (χ3v) is 4.03. The Morgan fingerprint density at radius 3 is 2.60 bits per heavy atom. The Hall–Kier alpha value is -1.71. The zero-order chi connectivity index (χ0) is 14.4. The molecule has 0 N–H and O–H groups in total. The van der Waals surface area contributed by atoms with Crippen LogP contribution in [0, 0.1) is 5.82 Å². The van der Waals surface area contributed by atoms with Crippen molar-refractivity contribution in [3.8, 4) is 0 Å². The van der Waals surface area contributed by atoms with Gasteiger partial charge in [-0.05, 0) is 30.5 Å². The highest BCUT2D eigenvalue weighted by Gasteiger charge is 2.27. The molecule has 1 aliphatic rings. The molecule has 1 aromatic rings. The van der Waals surface area contributed by atoms with E-state index >= 15 is 0 Å². The fraction of sp³-hybridized carbons (Fsp3) is 0.500. The minimum absolute atomic E-state index is 0.162. The van der Waals surface area contributed by atoms with Gasteiger partial charge in [-0.1, -0.05) is 31.4 Å². The van der Waals surface area contributed by atoms with E-state index in [1.54, 1.807) is 17.0 Å². The highest BCUT2D eigenvalue weighted by Crippen LogP contribution is 2.30. The smallest absolute Gasteiger partial charge is 0.210 e. The summed E-state index contributed by atoms with van der Waals surface area (Å²) in [5.74, 6) is -0.340. The van der Waals surface area contributed by atoms with Gasteiger partial charge in [0.25, 0.3) is 0 Å². The second-order valence-electron chi connectivity index (χ2n) is 5.32. The summed E-state index contributed by atoms with van der Waals surface area (Å²) < 4.78 is 13.4. The van der Waals surface area contributed by atoms with Crippen LogP contribution >= 0.6 is 0 Å². The van der Waals surface area contributed by atoms with E-state index in [4.69, 9.17) is 0 Å². The van der Waals surface area contributed by atoms with Crippen LogP contribution in [-0.2, 0) is 9.59 Å². The Bertz CT molecular complexity index is 458. The number of benzene rings is 1. The summed E-state index contributed by atoms with van der Waals surface area (Å²) in [4.78, 5) is 24.1. The van der Waals surface area contributed by atoms with Crippen molar-refractivity contribution in [2.75, 3.05) is 0 Å². The lowest BCUT2D eigenvalue weighted by atomic mass is 9.91. The van der Waals surface area contributed by atoms with Crippen LogP contribution in [0.1, 0.15) is 50.1 Å². The van der Waals surface area contributed by atoms with Crippen LogP contribution in [0.5, 0.6) is 0 Å². The second kappa shape index (κ2) is 7.17. The number of hydrogen-bond acceptors (Lipinski definition) is 2. The van der Waals surface area contributed by atoms with E-state index in [-0.39, 0.29) is 24.3 Å². The van der Waals surface area contributed by atoms with Crippen molar-refractivity contribution in [2.45, 2.75) is 50.6 Å².